The Hall–Kier alpha value is -1.91. The fourth-order valence-corrected chi connectivity index (χ4v) is 4.87. The van der Waals surface area contributed by atoms with Crippen molar-refractivity contribution >= 4 is 5.78 Å². The molecular weight excluding hydrogens is 294 g/mol. The molecular formula is C18H23NO4. The molecule has 0 spiro atoms. The van der Waals surface area contributed by atoms with Crippen molar-refractivity contribution in [3.05, 3.63) is 39.4 Å². The van der Waals surface area contributed by atoms with E-state index in [1.807, 2.05) is 12.1 Å². The lowest BCUT2D eigenvalue weighted by molar-refractivity contribution is -0.495. The molecule has 1 aromatic carbocycles. The van der Waals surface area contributed by atoms with Gasteiger partial charge in [0.25, 0.3) is 0 Å². The van der Waals surface area contributed by atoms with E-state index in [9.17, 15) is 14.9 Å². The second-order valence-corrected chi connectivity index (χ2v) is 7.58. The van der Waals surface area contributed by atoms with Crippen LogP contribution in [0.1, 0.15) is 55.5 Å². The van der Waals surface area contributed by atoms with Crippen molar-refractivity contribution in [3.8, 4) is 5.75 Å². The molecule has 5 heteroatoms. The van der Waals surface area contributed by atoms with Gasteiger partial charge in [0.1, 0.15) is 5.75 Å². The van der Waals surface area contributed by atoms with Gasteiger partial charge in [-0.2, -0.15) is 0 Å². The van der Waals surface area contributed by atoms with Crippen LogP contribution < -0.4 is 4.74 Å². The Balaban J connectivity index is 2.21. The molecule has 3 rings (SSSR count). The maximum absolute atomic E-state index is 12.7. The van der Waals surface area contributed by atoms with Crippen molar-refractivity contribution in [3.63, 3.8) is 0 Å². The van der Waals surface area contributed by atoms with Gasteiger partial charge in [0.15, 0.2) is 5.78 Å². The molecule has 0 radical (unpaired) electrons. The molecule has 0 heterocycles. The Morgan fingerprint density at radius 2 is 2.09 bits per heavy atom. The molecule has 2 atom stereocenters. The summed E-state index contributed by atoms with van der Waals surface area (Å²) >= 11 is 0. The first-order valence-electron chi connectivity index (χ1n) is 8.14. The molecule has 0 N–H and O–H groups in total. The highest BCUT2D eigenvalue weighted by molar-refractivity contribution is 6.00. The van der Waals surface area contributed by atoms with Gasteiger partial charge in [0.2, 0.25) is 6.54 Å². The number of carbonyl (C=O) groups is 1. The monoisotopic (exact) mass is 317 g/mol. The number of benzene rings is 1. The second-order valence-electron chi connectivity index (χ2n) is 7.58. The minimum absolute atomic E-state index is 0.0162. The zero-order valence-corrected chi connectivity index (χ0v) is 13.9. The zero-order chi connectivity index (χ0) is 16.8. The van der Waals surface area contributed by atoms with Gasteiger partial charge in [-0.3, -0.25) is 14.9 Å². The van der Waals surface area contributed by atoms with Gasteiger partial charge < -0.3 is 4.74 Å². The first-order valence-corrected chi connectivity index (χ1v) is 8.14. The summed E-state index contributed by atoms with van der Waals surface area (Å²) in [6.45, 7) is 4.19. The number of hydrogen-bond acceptors (Lipinski definition) is 4. The van der Waals surface area contributed by atoms with E-state index in [-0.39, 0.29) is 28.6 Å². The molecule has 1 saturated carbocycles. The second kappa shape index (κ2) is 5.32. The van der Waals surface area contributed by atoms with Gasteiger partial charge in [-0.1, -0.05) is 26.3 Å². The van der Waals surface area contributed by atoms with Crippen LogP contribution in [0.4, 0.5) is 0 Å². The summed E-state index contributed by atoms with van der Waals surface area (Å²) in [7, 11) is 1.56. The third kappa shape index (κ3) is 2.42. The molecule has 0 amide bonds. The third-order valence-corrected chi connectivity index (χ3v) is 5.92. The van der Waals surface area contributed by atoms with Crippen molar-refractivity contribution in [2.45, 2.75) is 44.9 Å². The fraction of sp³-hybridized carbons (Fsp3) is 0.611. The van der Waals surface area contributed by atoms with Crippen LogP contribution in [0.5, 0.6) is 5.75 Å². The molecule has 5 nitrogen and oxygen atoms in total. The average Bonchev–Trinajstić information content (AvgIpc) is 2.48. The van der Waals surface area contributed by atoms with Crippen LogP contribution in [-0.2, 0) is 5.41 Å². The summed E-state index contributed by atoms with van der Waals surface area (Å²) in [5, 5.41) is 11.4. The van der Waals surface area contributed by atoms with Crippen LogP contribution in [0.15, 0.2) is 18.2 Å². The molecule has 1 fully saturated rings. The molecule has 0 saturated heterocycles. The Morgan fingerprint density at radius 1 is 1.35 bits per heavy atom. The van der Waals surface area contributed by atoms with Crippen LogP contribution in [0.2, 0.25) is 0 Å². The first-order chi connectivity index (χ1) is 10.8. The standard InChI is InChI=1S/C18H23NO4/c1-17(2)7-4-8-18(11-19(21)22)14-6-5-12(23-3)9-13(14)15(20)10-16(17)18/h5-6,9,16H,4,7-8,10-11H2,1-3H3/t16-,18-/m0/s1. The average molecular weight is 317 g/mol. The topological polar surface area (TPSA) is 69.4 Å². The lowest BCUT2D eigenvalue weighted by Crippen LogP contribution is -2.54. The largest absolute Gasteiger partial charge is 0.497 e. The van der Waals surface area contributed by atoms with Crippen LogP contribution in [0.3, 0.4) is 0 Å². The Bertz CT molecular complexity index is 667. The number of Topliss-reactive ketones (excluding diaryl/α,β-unsaturated/α-hetero) is 1. The molecule has 0 aromatic heterocycles. The van der Waals surface area contributed by atoms with Crippen molar-refractivity contribution in [2.24, 2.45) is 11.3 Å². The molecule has 124 valence electrons. The molecule has 2 aliphatic carbocycles. The number of ketones is 1. The highest BCUT2D eigenvalue weighted by Gasteiger charge is 2.57. The number of carbonyl (C=O) groups excluding carboxylic acids is 1. The smallest absolute Gasteiger partial charge is 0.213 e. The number of fused-ring (bicyclic) bond motifs is 3. The normalized spacial score (nSPS) is 28.7. The SMILES string of the molecule is COc1ccc2c(c1)C(=O)C[C@H]1C(C)(C)CCC[C@]21C[N+](=O)[O-]. The van der Waals surface area contributed by atoms with Gasteiger partial charge in [0, 0.05) is 16.9 Å². The summed E-state index contributed by atoms with van der Waals surface area (Å²) in [6, 6.07) is 5.44. The van der Waals surface area contributed by atoms with Crippen molar-refractivity contribution in [2.75, 3.05) is 13.7 Å². The minimum Gasteiger partial charge on any atom is -0.497 e. The number of rotatable bonds is 3. The molecule has 0 unspecified atom stereocenters. The maximum Gasteiger partial charge on any atom is 0.213 e. The summed E-state index contributed by atoms with van der Waals surface area (Å²) in [5.41, 5.74) is 0.853. The summed E-state index contributed by atoms with van der Waals surface area (Å²) in [5.74, 6) is 0.724. The van der Waals surface area contributed by atoms with E-state index in [0.29, 0.717) is 17.7 Å². The zero-order valence-electron chi connectivity index (χ0n) is 13.9. The lowest BCUT2D eigenvalue weighted by Gasteiger charge is -2.53. The molecule has 2 aliphatic rings. The summed E-state index contributed by atoms with van der Waals surface area (Å²) < 4.78 is 5.23. The molecule has 0 aliphatic heterocycles. The summed E-state index contributed by atoms with van der Waals surface area (Å²) in [4.78, 5) is 23.9. The number of hydrogen-bond donors (Lipinski definition) is 0. The fourth-order valence-electron chi connectivity index (χ4n) is 4.87. The Kier molecular flexibility index (Phi) is 3.69. The minimum atomic E-state index is -0.541. The van der Waals surface area contributed by atoms with Crippen LogP contribution in [0.25, 0.3) is 0 Å². The van der Waals surface area contributed by atoms with Gasteiger partial charge in [0.05, 0.1) is 12.5 Å². The van der Waals surface area contributed by atoms with Gasteiger partial charge in [-0.15, -0.1) is 0 Å². The van der Waals surface area contributed by atoms with E-state index in [2.05, 4.69) is 13.8 Å². The molecule has 0 bridgehead atoms. The molecule has 23 heavy (non-hydrogen) atoms. The number of methoxy groups -OCH3 is 1. The van der Waals surface area contributed by atoms with E-state index in [1.165, 1.54) is 0 Å². The van der Waals surface area contributed by atoms with Crippen molar-refractivity contribution in [1.29, 1.82) is 0 Å². The summed E-state index contributed by atoms with van der Waals surface area (Å²) in [6.07, 6.45) is 3.13. The van der Waals surface area contributed by atoms with Crippen LogP contribution in [0, 0.1) is 21.4 Å². The molecule has 1 aromatic rings. The Morgan fingerprint density at radius 3 is 2.74 bits per heavy atom. The maximum atomic E-state index is 12.7. The number of nitro groups is 1. The van der Waals surface area contributed by atoms with Gasteiger partial charge >= 0.3 is 0 Å². The van der Waals surface area contributed by atoms with E-state index < -0.39 is 5.41 Å². The van der Waals surface area contributed by atoms with E-state index >= 15 is 0 Å². The van der Waals surface area contributed by atoms with E-state index in [4.69, 9.17) is 4.74 Å². The Labute approximate surface area is 136 Å². The highest BCUT2D eigenvalue weighted by atomic mass is 16.6. The van der Waals surface area contributed by atoms with Crippen molar-refractivity contribution in [1.82, 2.24) is 0 Å². The number of ether oxygens (including phenoxy) is 1. The van der Waals surface area contributed by atoms with E-state index in [0.717, 1.165) is 24.8 Å². The van der Waals surface area contributed by atoms with Crippen LogP contribution in [-0.4, -0.2) is 24.4 Å². The van der Waals surface area contributed by atoms with Crippen LogP contribution >= 0.6 is 0 Å². The van der Waals surface area contributed by atoms with Gasteiger partial charge in [-0.05, 0) is 41.9 Å². The lowest BCUT2D eigenvalue weighted by atomic mass is 9.49. The predicted molar refractivity (Wildman–Crippen MR) is 86.6 cm³/mol. The first kappa shape index (κ1) is 16.0. The highest BCUT2D eigenvalue weighted by Crippen LogP contribution is 2.57. The third-order valence-electron chi connectivity index (χ3n) is 5.92. The van der Waals surface area contributed by atoms with Gasteiger partial charge in [-0.25, -0.2) is 0 Å². The van der Waals surface area contributed by atoms with Crippen molar-refractivity contribution < 1.29 is 14.5 Å². The number of nitrogens with zero attached hydrogens (tertiary/aromatic N) is 1. The predicted octanol–water partition coefficient (Wildman–Crippen LogP) is 3.62. The quantitative estimate of drug-likeness (QED) is 0.630. The van der Waals surface area contributed by atoms with E-state index in [1.54, 1.807) is 13.2 Å².